The highest BCUT2D eigenvalue weighted by Crippen LogP contribution is 2.37. The van der Waals surface area contributed by atoms with E-state index in [1.807, 2.05) is 54.4 Å². The number of hydrogen-bond donors (Lipinski definition) is 1. The lowest BCUT2D eigenvalue weighted by molar-refractivity contribution is 0.171. The van der Waals surface area contributed by atoms with Gasteiger partial charge in [0.2, 0.25) is 0 Å². The average molecular weight is 586 g/mol. The summed E-state index contributed by atoms with van der Waals surface area (Å²) in [4.78, 5) is 6.00. The van der Waals surface area contributed by atoms with Gasteiger partial charge in [0.15, 0.2) is 11.5 Å². The molecular weight excluding hydrogens is 554 g/mol. The Bertz CT molecular complexity index is 1600. The number of aromatic nitrogens is 1. The molecule has 42 heavy (non-hydrogen) atoms. The smallest absolute Gasteiger partial charge is 0.161 e. The fourth-order valence-electron chi connectivity index (χ4n) is 4.79. The van der Waals surface area contributed by atoms with E-state index in [0.717, 1.165) is 44.9 Å². The van der Waals surface area contributed by atoms with Crippen LogP contribution in [0.15, 0.2) is 66.9 Å². The Kier molecular flexibility index (Phi) is 9.45. The molecule has 1 aliphatic rings. The minimum absolute atomic E-state index is 0.0419. The zero-order chi connectivity index (χ0) is 29.5. The molecule has 3 aromatic carbocycles. The van der Waals surface area contributed by atoms with Crippen molar-refractivity contribution in [2.45, 2.75) is 26.7 Å². The van der Waals surface area contributed by atoms with E-state index in [1.165, 1.54) is 0 Å². The lowest BCUT2D eigenvalue weighted by Gasteiger charge is -2.21. The van der Waals surface area contributed by atoms with Crippen molar-refractivity contribution in [3.63, 3.8) is 0 Å². The molecule has 5 rings (SSSR count). The number of aliphatic hydroxyl groups excluding tert-OH is 1. The summed E-state index contributed by atoms with van der Waals surface area (Å²) in [6.07, 6.45) is 1.59. The quantitative estimate of drug-likeness (QED) is 0.231. The van der Waals surface area contributed by atoms with Crippen molar-refractivity contribution in [3.05, 3.63) is 99.8 Å². The molecule has 0 spiro atoms. The van der Waals surface area contributed by atoms with E-state index in [-0.39, 0.29) is 13.2 Å². The third kappa shape index (κ3) is 6.94. The van der Waals surface area contributed by atoms with Crippen molar-refractivity contribution in [2.24, 2.45) is 0 Å². The Labute approximate surface area is 250 Å². The van der Waals surface area contributed by atoms with Crippen LogP contribution in [0, 0.1) is 18.3 Å². The van der Waals surface area contributed by atoms with Gasteiger partial charge < -0.3 is 24.1 Å². The molecule has 0 amide bonds. The first-order valence-corrected chi connectivity index (χ1v) is 14.0. The highest BCUT2D eigenvalue weighted by Gasteiger charge is 2.17. The third-order valence-corrected chi connectivity index (χ3v) is 7.35. The van der Waals surface area contributed by atoms with Crippen molar-refractivity contribution < 1.29 is 24.1 Å². The lowest BCUT2D eigenvalue weighted by Crippen LogP contribution is -2.22. The van der Waals surface area contributed by atoms with Crippen molar-refractivity contribution in [3.8, 4) is 40.2 Å². The molecule has 1 N–H and O–H groups in total. The zero-order valence-electron chi connectivity index (χ0n) is 23.6. The van der Waals surface area contributed by atoms with E-state index < -0.39 is 0 Å². The first-order valence-electron chi connectivity index (χ1n) is 13.7. The van der Waals surface area contributed by atoms with Gasteiger partial charge in [-0.2, -0.15) is 5.26 Å². The van der Waals surface area contributed by atoms with E-state index in [0.29, 0.717) is 55.1 Å². The van der Waals surface area contributed by atoms with Crippen molar-refractivity contribution in [1.29, 1.82) is 5.26 Å². The molecule has 0 unspecified atom stereocenters. The normalized spacial score (nSPS) is 12.2. The van der Waals surface area contributed by atoms with Gasteiger partial charge in [-0.05, 0) is 72.1 Å². The number of fused-ring (bicyclic) bond motifs is 1. The molecule has 0 fully saturated rings. The molecule has 1 aliphatic heterocycles. The number of pyridine rings is 1. The second-order valence-corrected chi connectivity index (χ2v) is 10.4. The summed E-state index contributed by atoms with van der Waals surface area (Å²) >= 11 is 6.70. The highest BCUT2D eigenvalue weighted by atomic mass is 35.5. The maximum Gasteiger partial charge on any atom is 0.161 e. The van der Waals surface area contributed by atoms with Crippen LogP contribution in [0.1, 0.15) is 27.9 Å². The van der Waals surface area contributed by atoms with Gasteiger partial charge in [0.25, 0.3) is 0 Å². The number of ether oxygens (including phenoxy) is 4. The van der Waals surface area contributed by atoms with Gasteiger partial charge in [0, 0.05) is 30.9 Å². The first-order chi connectivity index (χ1) is 20.4. The monoisotopic (exact) mass is 585 g/mol. The summed E-state index contributed by atoms with van der Waals surface area (Å²) < 4.78 is 23.9. The Morgan fingerprint density at radius 3 is 2.60 bits per heavy atom. The molecule has 216 valence electrons. The average Bonchev–Trinajstić information content (AvgIpc) is 3.00. The molecule has 1 aromatic heterocycles. The predicted molar refractivity (Wildman–Crippen MR) is 160 cm³/mol. The van der Waals surface area contributed by atoms with Crippen LogP contribution in [0.25, 0.3) is 11.1 Å². The van der Waals surface area contributed by atoms with E-state index in [4.69, 9.17) is 30.5 Å². The number of nitrogens with zero attached hydrogens (tertiary/aromatic N) is 3. The number of rotatable bonds is 11. The van der Waals surface area contributed by atoms with Gasteiger partial charge in [-0.25, -0.2) is 4.98 Å². The molecule has 4 aromatic rings. The van der Waals surface area contributed by atoms with Gasteiger partial charge in [-0.15, -0.1) is 0 Å². The molecular formula is C33H32ClN3O5. The molecule has 0 radical (unpaired) electrons. The summed E-state index contributed by atoms with van der Waals surface area (Å²) in [6, 6.07) is 21.3. The summed E-state index contributed by atoms with van der Waals surface area (Å²) in [6.45, 7) is 4.78. The first kappa shape index (κ1) is 29.2. The molecule has 0 saturated heterocycles. The van der Waals surface area contributed by atoms with Gasteiger partial charge in [0.05, 0.1) is 11.6 Å². The van der Waals surface area contributed by atoms with E-state index in [1.54, 1.807) is 18.3 Å². The Balaban J connectivity index is 1.37. The van der Waals surface area contributed by atoms with Gasteiger partial charge >= 0.3 is 0 Å². The van der Waals surface area contributed by atoms with Gasteiger partial charge in [-0.3, -0.25) is 4.90 Å². The van der Waals surface area contributed by atoms with Crippen LogP contribution in [0.5, 0.6) is 23.0 Å². The Hall–Kier alpha value is -4.29. The third-order valence-electron chi connectivity index (χ3n) is 7.05. The lowest BCUT2D eigenvalue weighted by atomic mass is 9.96. The van der Waals surface area contributed by atoms with Gasteiger partial charge in [0.1, 0.15) is 49.7 Å². The van der Waals surface area contributed by atoms with Crippen LogP contribution in [0.3, 0.4) is 0 Å². The maximum atomic E-state index is 9.37. The summed E-state index contributed by atoms with van der Waals surface area (Å²) in [7, 11) is 1.91. The second kappa shape index (κ2) is 13.6. The molecule has 0 saturated carbocycles. The molecule has 0 atom stereocenters. The fraction of sp³-hybridized carbons (Fsp3) is 0.273. The van der Waals surface area contributed by atoms with E-state index in [9.17, 15) is 10.4 Å². The molecule has 8 nitrogen and oxygen atoms in total. The molecule has 9 heteroatoms. The number of aliphatic hydroxyl groups is 1. The second-order valence-electron chi connectivity index (χ2n) is 10.0. The van der Waals surface area contributed by atoms with Crippen molar-refractivity contribution >= 4 is 11.6 Å². The van der Waals surface area contributed by atoms with Gasteiger partial charge in [-0.1, -0.05) is 35.9 Å². The molecule has 0 aliphatic carbocycles. The number of benzene rings is 3. The number of halogens is 1. The van der Waals surface area contributed by atoms with Crippen LogP contribution < -0.4 is 18.9 Å². The van der Waals surface area contributed by atoms with Crippen LogP contribution in [0.2, 0.25) is 5.02 Å². The molecule has 0 bridgehead atoms. The largest absolute Gasteiger partial charge is 0.488 e. The van der Waals surface area contributed by atoms with Crippen molar-refractivity contribution in [2.75, 3.05) is 33.4 Å². The predicted octanol–water partition coefficient (Wildman–Crippen LogP) is 5.94. The van der Waals surface area contributed by atoms with E-state index >= 15 is 0 Å². The summed E-state index contributed by atoms with van der Waals surface area (Å²) in [5.74, 6) is 2.61. The van der Waals surface area contributed by atoms with Crippen LogP contribution in [0.4, 0.5) is 0 Å². The Morgan fingerprint density at radius 1 is 0.976 bits per heavy atom. The summed E-state index contributed by atoms with van der Waals surface area (Å²) in [5.41, 5.74) is 6.24. The topological polar surface area (TPSA) is 97.1 Å². The van der Waals surface area contributed by atoms with E-state index in [2.05, 4.69) is 24.0 Å². The summed E-state index contributed by atoms with van der Waals surface area (Å²) in [5, 5.41) is 19.0. The standard InChI is InChI=1S/C33H32ClN3O5/c1-22-25(4-3-5-28(22)24-6-7-30-33(16-24)40-13-12-39-30)21-42-32-17-31(26(15-29(32)34)19-37(2)10-11-38)41-20-23-8-9-36-27(14-23)18-35/h3-9,14-17,38H,10-13,19-21H2,1-2H3. The minimum atomic E-state index is 0.0419. The molecule has 2 heterocycles. The minimum Gasteiger partial charge on any atom is -0.488 e. The number of nitriles is 1. The zero-order valence-corrected chi connectivity index (χ0v) is 24.4. The van der Waals surface area contributed by atoms with Crippen LogP contribution in [-0.4, -0.2) is 48.4 Å². The Morgan fingerprint density at radius 2 is 1.79 bits per heavy atom. The SMILES string of the molecule is Cc1c(COc2cc(OCc3ccnc(C#N)c3)c(CN(C)CCO)cc2Cl)cccc1-c1ccc2c(c1)OCCO2. The van der Waals surface area contributed by atoms with Crippen molar-refractivity contribution in [1.82, 2.24) is 9.88 Å². The number of likely N-dealkylation sites (N-methyl/N-ethyl adjacent to an activating group) is 1. The highest BCUT2D eigenvalue weighted by molar-refractivity contribution is 6.32. The fourth-order valence-corrected chi connectivity index (χ4v) is 5.03. The number of hydrogen-bond acceptors (Lipinski definition) is 8. The maximum absolute atomic E-state index is 9.37. The van der Waals surface area contributed by atoms with Crippen LogP contribution in [-0.2, 0) is 19.8 Å². The van der Waals surface area contributed by atoms with Crippen LogP contribution >= 0.6 is 11.6 Å².